The van der Waals surface area contributed by atoms with E-state index >= 15 is 0 Å². The number of carbonyl (C=O) groups excluding carboxylic acids is 1. The maximum Gasteiger partial charge on any atom is 0.260 e. The van der Waals surface area contributed by atoms with Gasteiger partial charge in [-0.25, -0.2) is 17.7 Å². The third kappa shape index (κ3) is 5.17. The van der Waals surface area contributed by atoms with Crippen molar-refractivity contribution in [1.82, 2.24) is 34.0 Å². The molecular weight excluding hydrogens is 512 g/mol. The number of nitrogens with zero attached hydrogens (tertiary/aromatic N) is 6. The zero-order valence-electron chi connectivity index (χ0n) is 21.2. The van der Waals surface area contributed by atoms with E-state index in [1.54, 1.807) is 22.3 Å². The van der Waals surface area contributed by atoms with Gasteiger partial charge < -0.3 is 5.32 Å². The van der Waals surface area contributed by atoms with Crippen LogP contribution in [0, 0.1) is 6.92 Å². The molecule has 0 atom stereocenters. The molecule has 11 nitrogen and oxygen atoms in total. The minimum absolute atomic E-state index is 0.00391. The number of thiazole rings is 1. The summed E-state index contributed by atoms with van der Waals surface area (Å²) in [6, 6.07) is 1.44. The SMILES string of the molecule is Cc1ncc(S(=O)(=O)NCCN2CCCC2(C)C)cc1NC(=O)c1cnn2cc(-c3cnn(C)c3)sc12. The fourth-order valence-corrected chi connectivity index (χ4v) is 6.60. The Balaban J connectivity index is 1.31. The van der Waals surface area contributed by atoms with Crippen LogP contribution in [0.25, 0.3) is 15.3 Å². The Hall–Kier alpha value is -3.13. The van der Waals surface area contributed by atoms with Crippen LogP contribution in [0.5, 0.6) is 0 Å². The Morgan fingerprint density at radius 3 is 2.70 bits per heavy atom. The topological polar surface area (TPSA) is 127 Å². The maximum absolute atomic E-state index is 13.2. The van der Waals surface area contributed by atoms with E-state index < -0.39 is 15.9 Å². The highest BCUT2D eigenvalue weighted by atomic mass is 32.2. The number of aryl methyl sites for hydroxylation is 2. The van der Waals surface area contributed by atoms with E-state index in [4.69, 9.17) is 0 Å². The first-order valence-electron chi connectivity index (χ1n) is 12.0. The van der Waals surface area contributed by atoms with Crippen LogP contribution in [0.3, 0.4) is 0 Å². The van der Waals surface area contributed by atoms with Crippen molar-refractivity contribution in [2.75, 3.05) is 25.0 Å². The van der Waals surface area contributed by atoms with E-state index in [0.717, 1.165) is 29.8 Å². The average molecular weight is 543 g/mol. The van der Waals surface area contributed by atoms with Gasteiger partial charge in [-0.2, -0.15) is 10.2 Å². The van der Waals surface area contributed by atoms with E-state index in [0.29, 0.717) is 34.9 Å². The molecule has 5 heterocycles. The zero-order chi connectivity index (χ0) is 26.4. The Bertz CT molecular complexity index is 1570. The number of likely N-dealkylation sites (tertiary alicyclic amines) is 1. The number of aromatic nitrogens is 5. The van der Waals surface area contributed by atoms with E-state index in [1.165, 1.54) is 29.8 Å². The van der Waals surface area contributed by atoms with Gasteiger partial charge in [0.15, 0.2) is 0 Å². The molecule has 0 bridgehead atoms. The lowest BCUT2D eigenvalue weighted by Gasteiger charge is -2.31. The maximum atomic E-state index is 13.2. The van der Waals surface area contributed by atoms with Crippen LogP contribution >= 0.6 is 11.3 Å². The summed E-state index contributed by atoms with van der Waals surface area (Å²) in [7, 11) is -1.95. The smallest absolute Gasteiger partial charge is 0.260 e. The van der Waals surface area contributed by atoms with Crippen LogP contribution < -0.4 is 10.0 Å². The minimum Gasteiger partial charge on any atom is -0.320 e. The molecule has 1 amide bonds. The van der Waals surface area contributed by atoms with Gasteiger partial charge in [0, 0.05) is 49.8 Å². The number of hydrogen-bond acceptors (Lipinski definition) is 8. The number of hydrogen-bond donors (Lipinski definition) is 2. The van der Waals surface area contributed by atoms with E-state index in [-0.39, 0.29) is 10.4 Å². The number of fused-ring (bicyclic) bond motifs is 1. The van der Waals surface area contributed by atoms with Crippen molar-refractivity contribution in [2.24, 2.45) is 7.05 Å². The molecule has 1 aliphatic heterocycles. The van der Waals surface area contributed by atoms with Crippen LogP contribution in [-0.2, 0) is 17.1 Å². The lowest BCUT2D eigenvalue weighted by molar-refractivity contribution is 0.102. The van der Waals surface area contributed by atoms with Crippen molar-refractivity contribution in [3.63, 3.8) is 0 Å². The van der Waals surface area contributed by atoms with Crippen LogP contribution in [0.4, 0.5) is 5.69 Å². The first-order chi connectivity index (χ1) is 17.5. The second kappa shape index (κ2) is 9.63. The highest BCUT2D eigenvalue weighted by molar-refractivity contribution is 7.89. The molecule has 37 heavy (non-hydrogen) atoms. The van der Waals surface area contributed by atoms with Gasteiger partial charge in [-0.3, -0.25) is 19.4 Å². The molecule has 4 aromatic rings. The van der Waals surface area contributed by atoms with Crippen molar-refractivity contribution < 1.29 is 13.2 Å². The Morgan fingerprint density at radius 1 is 1.19 bits per heavy atom. The largest absolute Gasteiger partial charge is 0.320 e. The highest BCUT2D eigenvalue weighted by Crippen LogP contribution is 2.31. The lowest BCUT2D eigenvalue weighted by atomic mass is 10.0. The molecule has 1 fully saturated rings. The van der Waals surface area contributed by atoms with Gasteiger partial charge in [-0.1, -0.05) is 0 Å². The van der Waals surface area contributed by atoms with Crippen LogP contribution in [0.2, 0.25) is 0 Å². The molecule has 196 valence electrons. The molecule has 1 aliphatic rings. The van der Waals surface area contributed by atoms with Crippen LogP contribution in [0.15, 0.2) is 41.9 Å². The summed E-state index contributed by atoms with van der Waals surface area (Å²) in [6.07, 6.45) is 10.5. The molecule has 0 saturated carbocycles. The molecular formula is C24H30N8O3S2. The standard InChI is InChI=1S/C24H30N8O3S2/c1-16-20(10-18(12-25-16)37(34,35)28-7-9-31-8-5-6-24(31,2)3)29-22(33)19-13-27-32-15-21(36-23(19)32)17-11-26-30(4)14-17/h10-15,28H,5-9H2,1-4H3,(H,29,33). The number of pyridine rings is 1. The number of anilines is 1. The number of amides is 1. The number of carbonyl (C=O) groups is 1. The first-order valence-corrected chi connectivity index (χ1v) is 14.3. The van der Waals surface area contributed by atoms with Crippen LogP contribution in [-0.4, -0.2) is 68.8 Å². The number of sulfonamides is 1. The van der Waals surface area contributed by atoms with E-state index in [2.05, 4.69) is 44.0 Å². The molecule has 0 aliphatic carbocycles. The second-order valence-electron chi connectivity index (χ2n) is 9.86. The molecule has 1 saturated heterocycles. The van der Waals surface area contributed by atoms with Crippen molar-refractivity contribution in [1.29, 1.82) is 0 Å². The molecule has 0 unspecified atom stereocenters. The normalized spacial score (nSPS) is 16.0. The molecule has 4 aromatic heterocycles. The fourth-order valence-electron chi connectivity index (χ4n) is 4.58. The van der Waals surface area contributed by atoms with Crippen molar-refractivity contribution in [2.45, 2.75) is 44.0 Å². The fraction of sp³-hybridized carbons (Fsp3) is 0.417. The van der Waals surface area contributed by atoms with Gasteiger partial charge in [0.1, 0.15) is 9.73 Å². The number of rotatable bonds is 8. The summed E-state index contributed by atoms with van der Waals surface area (Å²) in [5.74, 6) is -0.391. The summed E-state index contributed by atoms with van der Waals surface area (Å²) in [5, 5.41) is 11.3. The second-order valence-corrected chi connectivity index (χ2v) is 12.7. The third-order valence-electron chi connectivity index (χ3n) is 6.80. The van der Waals surface area contributed by atoms with E-state index in [9.17, 15) is 13.2 Å². The van der Waals surface area contributed by atoms with Crippen molar-refractivity contribution >= 4 is 37.8 Å². The summed E-state index contributed by atoms with van der Waals surface area (Å²) < 4.78 is 32.0. The van der Waals surface area contributed by atoms with Crippen LogP contribution in [0.1, 0.15) is 42.7 Å². The van der Waals surface area contributed by atoms with Gasteiger partial charge in [-0.15, -0.1) is 11.3 Å². The predicted octanol–water partition coefficient (Wildman–Crippen LogP) is 2.90. The first kappa shape index (κ1) is 25.5. The molecule has 5 rings (SSSR count). The molecule has 2 N–H and O–H groups in total. The van der Waals surface area contributed by atoms with Crippen molar-refractivity contribution in [3.05, 3.63) is 48.3 Å². The van der Waals surface area contributed by atoms with Gasteiger partial charge in [0.05, 0.1) is 34.2 Å². The molecule has 0 aromatic carbocycles. The molecule has 13 heteroatoms. The monoisotopic (exact) mass is 542 g/mol. The quantitative estimate of drug-likeness (QED) is 0.351. The Morgan fingerprint density at radius 2 is 2.00 bits per heavy atom. The summed E-state index contributed by atoms with van der Waals surface area (Å²) in [6.45, 7) is 7.97. The summed E-state index contributed by atoms with van der Waals surface area (Å²) in [5.41, 5.74) is 2.24. The van der Waals surface area contributed by atoms with Gasteiger partial charge in [-0.05, 0) is 46.2 Å². The Kier molecular flexibility index (Phi) is 6.64. The van der Waals surface area contributed by atoms with Gasteiger partial charge >= 0.3 is 0 Å². The Labute approximate surface area is 219 Å². The average Bonchev–Trinajstić information content (AvgIpc) is 3.59. The van der Waals surface area contributed by atoms with Gasteiger partial charge in [0.2, 0.25) is 10.0 Å². The number of nitrogens with one attached hydrogen (secondary N) is 2. The summed E-state index contributed by atoms with van der Waals surface area (Å²) in [4.78, 5) is 21.3. The lowest BCUT2D eigenvalue weighted by Crippen LogP contribution is -2.42. The van der Waals surface area contributed by atoms with E-state index in [1.807, 2.05) is 19.4 Å². The molecule has 0 radical (unpaired) electrons. The van der Waals surface area contributed by atoms with Crippen molar-refractivity contribution in [3.8, 4) is 10.4 Å². The van der Waals surface area contributed by atoms with Gasteiger partial charge in [0.25, 0.3) is 5.91 Å². The highest BCUT2D eigenvalue weighted by Gasteiger charge is 2.31. The minimum atomic E-state index is -3.79. The summed E-state index contributed by atoms with van der Waals surface area (Å²) >= 11 is 1.43. The molecule has 0 spiro atoms. The third-order valence-corrected chi connectivity index (χ3v) is 9.39. The predicted molar refractivity (Wildman–Crippen MR) is 142 cm³/mol. The zero-order valence-corrected chi connectivity index (χ0v) is 22.9.